The maximum Gasteiger partial charge on any atom is 0.338 e. The van der Waals surface area contributed by atoms with Gasteiger partial charge in [-0.3, -0.25) is 0 Å². The second kappa shape index (κ2) is 11.2. The Morgan fingerprint density at radius 2 is 0.971 bits per heavy atom. The van der Waals surface area contributed by atoms with Crippen molar-refractivity contribution in [3.05, 3.63) is 89.8 Å². The highest BCUT2D eigenvalue weighted by molar-refractivity contribution is 5.93. The molecule has 0 unspecified atom stereocenters. The number of allylic oxidation sites excluding steroid dienone is 2. The van der Waals surface area contributed by atoms with Gasteiger partial charge in [0.15, 0.2) is 23.1 Å². The number of benzene rings is 2. The molecule has 0 saturated carbocycles. The number of hydrogen-bond acceptors (Lipinski definition) is 6. The number of ether oxygens (including phenoxy) is 3. The van der Waals surface area contributed by atoms with Crippen molar-refractivity contribution in [1.82, 2.24) is 0 Å². The van der Waals surface area contributed by atoms with Gasteiger partial charge in [0.05, 0.1) is 0 Å². The molecule has 2 aromatic rings. The van der Waals surface area contributed by atoms with E-state index in [-0.39, 0.29) is 34.0 Å². The minimum absolute atomic E-state index is 0.0190. The van der Waals surface area contributed by atoms with Crippen molar-refractivity contribution >= 4 is 29.1 Å². The van der Waals surface area contributed by atoms with Crippen LogP contribution in [-0.2, 0) is 14.4 Å². The molecule has 0 aliphatic heterocycles. The largest absolute Gasteiger partial charge is 0.420 e. The fraction of sp³-hybridized carbons (Fsp3) is 0.179. The Balaban J connectivity index is 2.47. The third kappa shape index (κ3) is 6.86. The average molecular weight is 479 g/mol. The van der Waals surface area contributed by atoms with Crippen LogP contribution in [0.2, 0.25) is 0 Å². The van der Waals surface area contributed by atoms with E-state index in [9.17, 15) is 18.8 Å². The Bertz CT molecular complexity index is 1280. The molecule has 182 valence electrons. The topological polar surface area (TPSA) is 78.9 Å². The second-order valence-electron chi connectivity index (χ2n) is 8.07. The zero-order valence-electron chi connectivity index (χ0n) is 20.4. The highest BCUT2D eigenvalue weighted by Gasteiger charge is 2.17. The van der Waals surface area contributed by atoms with Crippen LogP contribution in [0.4, 0.5) is 4.39 Å². The molecule has 0 aromatic heterocycles. The lowest BCUT2D eigenvalue weighted by Gasteiger charge is -2.14. The van der Waals surface area contributed by atoms with Gasteiger partial charge >= 0.3 is 17.9 Å². The molecule has 0 aliphatic rings. The highest BCUT2D eigenvalue weighted by atomic mass is 19.1. The Labute approximate surface area is 204 Å². The van der Waals surface area contributed by atoms with Crippen molar-refractivity contribution in [2.24, 2.45) is 0 Å². The number of hydrogen-bond donors (Lipinski definition) is 0. The van der Waals surface area contributed by atoms with Crippen molar-refractivity contribution < 1.29 is 33.0 Å². The van der Waals surface area contributed by atoms with Crippen LogP contribution in [0.3, 0.4) is 0 Å². The molecule has 0 fully saturated rings. The minimum Gasteiger partial charge on any atom is -0.420 e. The molecule has 0 saturated heterocycles. The van der Waals surface area contributed by atoms with Gasteiger partial charge < -0.3 is 14.2 Å². The van der Waals surface area contributed by atoms with Crippen LogP contribution >= 0.6 is 0 Å². The lowest BCUT2D eigenvalue weighted by Crippen LogP contribution is -2.13. The van der Waals surface area contributed by atoms with E-state index in [1.165, 1.54) is 39.0 Å². The molecule has 0 N–H and O–H groups in total. The smallest absolute Gasteiger partial charge is 0.338 e. The van der Waals surface area contributed by atoms with Gasteiger partial charge in [0, 0.05) is 16.7 Å². The molecule has 7 heteroatoms. The third-order valence-corrected chi connectivity index (χ3v) is 4.96. The van der Waals surface area contributed by atoms with Gasteiger partial charge in [0.25, 0.3) is 0 Å². The molecule has 0 aliphatic carbocycles. The van der Waals surface area contributed by atoms with Crippen LogP contribution in [0.1, 0.15) is 45.7 Å². The van der Waals surface area contributed by atoms with E-state index in [1.54, 1.807) is 25.1 Å². The summed E-state index contributed by atoms with van der Waals surface area (Å²) in [6.07, 6.45) is 0. The van der Waals surface area contributed by atoms with Crippen molar-refractivity contribution in [2.45, 2.75) is 34.6 Å². The van der Waals surface area contributed by atoms with Gasteiger partial charge in [-0.15, -0.1) is 0 Å². The van der Waals surface area contributed by atoms with Gasteiger partial charge in [-0.1, -0.05) is 31.9 Å². The molecular weight excluding hydrogens is 451 g/mol. The summed E-state index contributed by atoms with van der Waals surface area (Å²) in [7, 11) is 0. The first-order valence-electron chi connectivity index (χ1n) is 10.6. The first kappa shape index (κ1) is 27.0. The maximum absolute atomic E-state index is 14.6. The first-order chi connectivity index (χ1) is 16.3. The van der Waals surface area contributed by atoms with Crippen LogP contribution in [-0.4, -0.2) is 17.9 Å². The summed E-state index contributed by atoms with van der Waals surface area (Å²) in [5.74, 6) is -2.93. The van der Waals surface area contributed by atoms with Gasteiger partial charge in [-0.2, -0.15) is 0 Å². The fourth-order valence-corrected chi connectivity index (χ4v) is 2.72. The van der Waals surface area contributed by atoms with E-state index in [1.807, 2.05) is 6.92 Å². The highest BCUT2D eigenvalue weighted by Crippen LogP contribution is 2.35. The standard InChI is InChI=1S/C28H27FO6/c1-15(2)26(30)33-23-11-9-20(13-22(23)29)18(7)19(8)21-10-12-24(34-27(31)16(3)4)25(14-21)35-28(32)17(5)6/h9-14H,1,3,5H2,2,4,6-8H3/b19-18+. The molecular formula is C28H27FO6. The molecule has 0 amide bonds. The van der Waals surface area contributed by atoms with Crippen LogP contribution in [0.15, 0.2) is 72.9 Å². The summed E-state index contributed by atoms with van der Waals surface area (Å²) < 4.78 is 30.2. The Kier molecular flexibility index (Phi) is 8.67. The molecule has 35 heavy (non-hydrogen) atoms. The van der Waals surface area contributed by atoms with E-state index < -0.39 is 23.7 Å². The zero-order chi connectivity index (χ0) is 26.4. The molecule has 0 heterocycles. The molecule has 6 nitrogen and oxygen atoms in total. The monoisotopic (exact) mass is 478 g/mol. The SMILES string of the molecule is C=C(C)C(=O)Oc1ccc(/C(C)=C(\C)c2ccc(OC(=O)C(=C)C)c(OC(=O)C(=C)C)c2)cc1F. The van der Waals surface area contributed by atoms with Crippen molar-refractivity contribution in [3.63, 3.8) is 0 Å². The molecule has 0 radical (unpaired) electrons. The van der Waals surface area contributed by atoms with Gasteiger partial charge in [0.1, 0.15) is 0 Å². The van der Waals surface area contributed by atoms with Gasteiger partial charge in [-0.25, -0.2) is 18.8 Å². The number of halogens is 1. The average Bonchev–Trinajstić information content (AvgIpc) is 2.79. The van der Waals surface area contributed by atoms with E-state index >= 15 is 0 Å². The Morgan fingerprint density at radius 3 is 1.40 bits per heavy atom. The van der Waals surface area contributed by atoms with Crippen LogP contribution in [0.25, 0.3) is 11.1 Å². The third-order valence-electron chi connectivity index (χ3n) is 4.96. The number of rotatable bonds is 8. The summed E-state index contributed by atoms with van der Waals surface area (Å²) in [5.41, 5.74) is 3.14. The summed E-state index contributed by atoms with van der Waals surface area (Å²) in [6, 6.07) is 8.95. The van der Waals surface area contributed by atoms with Gasteiger partial charge in [0.2, 0.25) is 0 Å². The lowest BCUT2D eigenvalue weighted by atomic mass is 9.96. The van der Waals surface area contributed by atoms with Crippen LogP contribution < -0.4 is 14.2 Å². The molecule has 0 spiro atoms. The predicted molar refractivity (Wildman–Crippen MR) is 132 cm³/mol. The number of carbonyl (C=O) groups is 3. The predicted octanol–water partition coefficient (Wildman–Crippen LogP) is 6.22. The molecule has 0 atom stereocenters. The number of esters is 3. The normalized spacial score (nSPS) is 11.1. The maximum atomic E-state index is 14.6. The van der Waals surface area contributed by atoms with E-state index in [0.717, 1.165) is 5.57 Å². The number of carbonyl (C=O) groups excluding carboxylic acids is 3. The van der Waals surface area contributed by atoms with Crippen molar-refractivity contribution in [2.75, 3.05) is 0 Å². The van der Waals surface area contributed by atoms with Crippen LogP contribution in [0.5, 0.6) is 17.2 Å². The summed E-state index contributed by atoms with van der Waals surface area (Å²) in [6.45, 7) is 18.6. The van der Waals surface area contributed by atoms with Gasteiger partial charge in [-0.05, 0) is 81.2 Å². The Hall–Kier alpha value is -4.26. The first-order valence-corrected chi connectivity index (χ1v) is 10.6. The molecule has 2 aromatic carbocycles. The minimum atomic E-state index is -0.718. The van der Waals surface area contributed by atoms with Crippen molar-refractivity contribution in [3.8, 4) is 17.2 Å². The van der Waals surface area contributed by atoms with Crippen molar-refractivity contribution in [1.29, 1.82) is 0 Å². The zero-order valence-corrected chi connectivity index (χ0v) is 20.4. The van der Waals surface area contributed by atoms with Crippen LogP contribution in [0, 0.1) is 5.82 Å². The Morgan fingerprint density at radius 1 is 0.600 bits per heavy atom. The lowest BCUT2D eigenvalue weighted by molar-refractivity contribution is -0.132. The molecule has 0 bridgehead atoms. The summed E-state index contributed by atoms with van der Waals surface area (Å²) >= 11 is 0. The van der Waals surface area contributed by atoms with E-state index in [4.69, 9.17) is 14.2 Å². The fourth-order valence-electron chi connectivity index (χ4n) is 2.72. The van der Waals surface area contributed by atoms with E-state index in [2.05, 4.69) is 19.7 Å². The summed E-state index contributed by atoms with van der Waals surface area (Å²) in [5, 5.41) is 0. The quantitative estimate of drug-likeness (QED) is 0.194. The summed E-state index contributed by atoms with van der Waals surface area (Å²) in [4.78, 5) is 35.8. The second-order valence-corrected chi connectivity index (χ2v) is 8.07. The van der Waals surface area contributed by atoms with E-state index in [0.29, 0.717) is 16.7 Å². The molecule has 2 rings (SSSR count).